The highest BCUT2D eigenvalue weighted by atomic mass is 16.6. The molecule has 1 aliphatic rings. The van der Waals surface area contributed by atoms with Crippen LogP contribution in [0.5, 0.6) is 5.75 Å². The van der Waals surface area contributed by atoms with Gasteiger partial charge in [0, 0.05) is 12.1 Å². The summed E-state index contributed by atoms with van der Waals surface area (Å²) in [6, 6.07) is 3.99. The number of esters is 1. The fourth-order valence-corrected chi connectivity index (χ4v) is 2.84. The number of carbonyl (C=O) groups is 4. The molecule has 9 heteroatoms. The number of rotatable bonds is 7. The van der Waals surface area contributed by atoms with Crippen LogP contribution in [0.3, 0.4) is 0 Å². The number of hydrogen-bond donors (Lipinski definition) is 2. The predicted octanol–water partition coefficient (Wildman–Crippen LogP) is 2.44. The zero-order valence-corrected chi connectivity index (χ0v) is 18.5. The molecule has 3 amide bonds. The van der Waals surface area contributed by atoms with Gasteiger partial charge in [0.25, 0.3) is 5.91 Å². The summed E-state index contributed by atoms with van der Waals surface area (Å²) in [5.41, 5.74) is 0.814. The molecule has 2 rings (SSSR count). The molecule has 0 aliphatic carbocycles. The van der Waals surface area contributed by atoms with E-state index in [0.29, 0.717) is 11.4 Å². The molecular weight excluding hydrogens is 402 g/mol. The second-order valence-electron chi connectivity index (χ2n) is 8.40. The van der Waals surface area contributed by atoms with Crippen molar-refractivity contribution in [2.75, 3.05) is 6.61 Å². The molecule has 1 aromatic rings. The van der Waals surface area contributed by atoms with E-state index in [1.165, 1.54) is 6.07 Å². The normalized spacial score (nSPS) is 16.2. The number of hydrogen-bond acceptors (Lipinski definition) is 7. The van der Waals surface area contributed by atoms with Crippen molar-refractivity contribution < 1.29 is 28.7 Å². The maximum atomic E-state index is 12.9. The third-order valence-corrected chi connectivity index (χ3v) is 4.10. The zero-order valence-electron chi connectivity index (χ0n) is 18.5. The zero-order chi connectivity index (χ0) is 23.2. The van der Waals surface area contributed by atoms with E-state index in [0.717, 1.165) is 5.71 Å². The Morgan fingerprint density at radius 2 is 1.94 bits per heavy atom. The Hall–Kier alpha value is -3.23. The third kappa shape index (κ3) is 7.84. The monoisotopic (exact) mass is 431 g/mol. The first-order valence-electron chi connectivity index (χ1n) is 10.1. The van der Waals surface area contributed by atoms with Gasteiger partial charge >= 0.3 is 5.97 Å². The molecule has 1 atom stereocenters. The Morgan fingerprint density at radius 1 is 1.23 bits per heavy atom. The molecule has 1 saturated heterocycles. The molecule has 1 heterocycles. The van der Waals surface area contributed by atoms with Crippen LogP contribution in [0.1, 0.15) is 64.2 Å². The second kappa shape index (κ2) is 10.2. The van der Waals surface area contributed by atoms with Gasteiger partial charge in [-0.25, -0.2) is 0 Å². The van der Waals surface area contributed by atoms with Crippen LogP contribution in [-0.2, 0) is 19.1 Å². The standard InChI is InChI=1S/C22H29N3O6/c1-13(2)23-16-7-6-14(30-11-10-19(27)31-22(3,4)5)12-15(16)20(28)24-17-8-9-18(26)25-21(17)29/h6-7,12,17H,8-11H2,1-5H3,(H,24,28)(H,25,26,29). The molecule has 1 aliphatic heterocycles. The number of imide groups is 1. The lowest BCUT2D eigenvalue weighted by Gasteiger charge is -2.22. The predicted molar refractivity (Wildman–Crippen MR) is 114 cm³/mol. The van der Waals surface area contributed by atoms with E-state index in [1.807, 2.05) is 0 Å². The van der Waals surface area contributed by atoms with Gasteiger partial charge in [-0.2, -0.15) is 0 Å². The number of amides is 3. The van der Waals surface area contributed by atoms with Crippen molar-refractivity contribution in [3.63, 3.8) is 0 Å². The van der Waals surface area contributed by atoms with Crippen molar-refractivity contribution in [2.24, 2.45) is 4.99 Å². The summed E-state index contributed by atoms with van der Waals surface area (Å²) in [5, 5.41) is 4.85. The minimum Gasteiger partial charge on any atom is -0.493 e. The number of ether oxygens (including phenoxy) is 2. The Kier molecular flexibility index (Phi) is 7.90. The van der Waals surface area contributed by atoms with Gasteiger partial charge < -0.3 is 14.8 Å². The van der Waals surface area contributed by atoms with Gasteiger partial charge in [0.2, 0.25) is 11.8 Å². The first kappa shape index (κ1) is 24.0. The number of aliphatic imine (C=N–C) groups is 1. The van der Waals surface area contributed by atoms with Crippen LogP contribution in [0, 0.1) is 0 Å². The first-order valence-corrected chi connectivity index (χ1v) is 10.1. The van der Waals surface area contributed by atoms with Crippen LogP contribution in [0.2, 0.25) is 0 Å². The fraction of sp³-hybridized carbons (Fsp3) is 0.500. The number of carbonyl (C=O) groups excluding carboxylic acids is 4. The quantitative estimate of drug-likeness (QED) is 0.388. The van der Waals surface area contributed by atoms with Crippen molar-refractivity contribution >= 4 is 35.1 Å². The van der Waals surface area contributed by atoms with E-state index in [9.17, 15) is 19.2 Å². The molecule has 0 aromatic heterocycles. The minimum atomic E-state index is -0.804. The van der Waals surface area contributed by atoms with Crippen molar-refractivity contribution in [1.29, 1.82) is 0 Å². The van der Waals surface area contributed by atoms with Gasteiger partial charge in [-0.15, -0.1) is 0 Å². The first-order chi connectivity index (χ1) is 14.4. The maximum absolute atomic E-state index is 12.9. The van der Waals surface area contributed by atoms with Gasteiger partial charge in [-0.3, -0.25) is 29.5 Å². The molecule has 0 bridgehead atoms. The second-order valence-corrected chi connectivity index (χ2v) is 8.40. The average molecular weight is 431 g/mol. The highest BCUT2D eigenvalue weighted by Crippen LogP contribution is 2.26. The highest BCUT2D eigenvalue weighted by molar-refractivity contribution is 6.05. The summed E-state index contributed by atoms with van der Waals surface area (Å²) in [4.78, 5) is 52.3. The number of piperidine rings is 1. The third-order valence-electron chi connectivity index (χ3n) is 4.10. The molecule has 168 valence electrons. The summed E-state index contributed by atoms with van der Waals surface area (Å²) < 4.78 is 10.9. The Balaban J connectivity index is 2.11. The van der Waals surface area contributed by atoms with Crippen LogP contribution < -0.4 is 15.4 Å². The summed E-state index contributed by atoms with van der Waals surface area (Å²) in [6.07, 6.45) is 0.445. The van der Waals surface area contributed by atoms with E-state index in [-0.39, 0.29) is 43.3 Å². The van der Waals surface area contributed by atoms with E-state index in [2.05, 4.69) is 15.6 Å². The average Bonchev–Trinajstić information content (AvgIpc) is 2.63. The SMILES string of the molecule is CC(C)=Nc1ccc(OCCC(=O)OC(C)(C)C)cc1C(=O)NC1CCC(=O)NC1=O. The molecule has 1 unspecified atom stereocenters. The molecule has 9 nitrogen and oxygen atoms in total. The Labute approximate surface area is 181 Å². The fourth-order valence-electron chi connectivity index (χ4n) is 2.84. The summed E-state index contributed by atoms with van der Waals surface area (Å²) in [5.74, 6) is -1.41. The van der Waals surface area contributed by atoms with Crippen molar-refractivity contribution in [3.8, 4) is 5.75 Å². The van der Waals surface area contributed by atoms with Crippen LogP contribution in [0.25, 0.3) is 0 Å². The molecule has 2 N–H and O–H groups in total. The summed E-state index contributed by atoms with van der Waals surface area (Å²) >= 11 is 0. The van der Waals surface area contributed by atoms with E-state index < -0.39 is 23.5 Å². The largest absolute Gasteiger partial charge is 0.493 e. The van der Waals surface area contributed by atoms with Gasteiger partial charge in [0.05, 0.1) is 24.3 Å². The lowest BCUT2D eigenvalue weighted by Crippen LogP contribution is -2.52. The van der Waals surface area contributed by atoms with E-state index >= 15 is 0 Å². The lowest BCUT2D eigenvalue weighted by molar-refractivity contribution is -0.155. The number of nitrogens with zero attached hydrogens (tertiary/aromatic N) is 1. The number of benzene rings is 1. The molecule has 31 heavy (non-hydrogen) atoms. The number of nitrogens with one attached hydrogen (secondary N) is 2. The minimum absolute atomic E-state index is 0.0586. The Morgan fingerprint density at radius 3 is 2.55 bits per heavy atom. The molecular formula is C22H29N3O6. The van der Waals surface area contributed by atoms with Crippen molar-refractivity contribution in [1.82, 2.24) is 10.6 Å². The summed E-state index contributed by atoms with van der Waals surface area (Å²) in [7, 11) is 0. The van der Waals surface area contributed by atoms with Crippen molar-refractivity contribution in [2.45, 2.75) is 65.5 Å². The molecule has 0 saturated carbocycles. The Bertz CT molecular complexity index is 897. The van der Waals surface area contributed by atoms with Crippen LogP contribution in [0.4, 0.5) is 5.69 Å². The molecule has 0 radical (unpaired) electrons. The van der Waals surface area contributed by atoms with E-state index in [1.54, 1.807) is 46.8 Å². The van der Waals surface area contributed by atoms with Crippen molar-refractivity contribution in [3.05, 3.63) is 23.8 Å². The highest BCUT2D eigenvalue weighted by Gasteiger charge is 2.28. The van der Waals surface area contributed by atoms with E-state index in [4.69, 9.17) is 9.47 Å². The van der Waals surface area contributed by atoms with Crippen LogP contribution in [0.15, 0.2) is 23.2 Å². The van der Waals surface area contributed by atoms with Crippen LogP contribution in [-0.4, -0.2) is 47.7 Å². The van der Waals surface area contributed by atoms with Gasteiger partial charge in [0.15, 0.2) is 0 Å². The van der Waals surface area contributed by atoms with Gasteiger partial charge in [-0.05, 0) is 59.2 Å². The topological polar surface area (TPSA) is 123 Å². The smallest absolute Gasteiger partial charge is 0.309 e. The molecule has 1 fully saturated rings. The summed E-state index contributed by atoms with van der Waals surface area (Å²) in [6.45, 7) is 9.04. The molecule has 1 aromatic carbocycles. The van der Waals surface area contributed by atoms with Gasteiger partial charge in [0.1, 0.15) is 17.4 Å². The maximum Gasteiger partial charge on any atom is 0.309 e. The lowest BCUT2D eigenvalue weighted by atomic mass is 10.0. The van der Waals surface area contributed by atoms with Crippen LogP contribution >= 0.6 is 0 Å². The van der Waals surface area contributed by atoms with Gasteiger partial charge in [-0.1, -0.05) is 0 Å². The molecule has 0 spiro atoms.